The zero-order valence-corrected chi connectivity index (χ0v) is 13.1. The third kappa shape index (κ3) is 3.27. The van der Waals surface area contributed by atoms with Crippen LogP contribution in [0.3, 0.4) is 0 Å². The average Bonchev–Trinajstić information content (AvgIpc) is 2.38. The van der Waals surface area contributed by atoms with Crippen LogP contribution in [0.15, 0.2) is 0 Å². The van der Waals surface area contributed by atoms with Gasteiger partial charge in [-0.25, -0.2) is 0 Å². The lowest BCUT2D eigenvalue weighted by Crippen LogP contribution is -2.49. The number of rotatable bonds is 2. The molecule has 0 spiro atoms. The van der Waals surface area contributed by atoms with Crippen LogP contribution in [0, 0.1) is 5.41 Å². The normalized spacial score (nSPS) is 34.7. The molecule has 106 valence electrons. The molecule has 1 unspecified atom stereocenters. The van der Waals surface area contributed by atoms with Crippen molar-refractivity contribution in [3.8, 4) is 0 Å². The molecule has 2 aliphatic rings. The minimum absolute atomic E-state index is 0.0229. The van der Waals surface area contributed by atoms with Crippen LogP contribution < -0.4 is 5.32 Å². The Kier molecular flexibility index (Phi) is 3.57. The van der Waals surface area contributed by atoms with Gasteiger partial charge in [0.2, 0.25) is 0 Å². The molecule has 1 heterocycles. The molecule has 2 heteroatoms. The Hall–Kier alpha value is -0.0800. The first-order chi connectivity index (χ1) is 8.10. The number of hydrogen-bond donors (Lipinski definition) is 1. The lowest BCUT2D eigenvalue weighted by molar-refractivity contribution is -0.0708. The van der Waals surface area contributed by atoms with Crippen LogP contribution in [-0.2, 0) is 4.74 Å². The molecule has 0 aromatic rings. The molecule has 1 aliphatic carbocycles. The van der Waals surface area contributed by atoms with Crippen molar-refractivity contribution in [1.82, 2.24) is 5.32 Å². The van der Waals surface area contributed by atoms with E-state index in [9.17, 15) is 0 Å². The van der Waals surface area contributed by atoms with Crippen LogP contribution in [-0.4, -0.2) is 23.3 Å². The average molecular weight is 253 g/mol. The maximum absolute atomic E-state index is 6.17. The molecule has 1 saturated carbocycles. The predicted molar refractivity (Wildman–Crippen MR) is 76.8 cm³/mol. The lowest BCUT2D eigenvalue weighted by atomic mass is 9.75. The van der Waals surface area contributed by atoms with Gasteiger partial charge in [-0.3, -0.25) is 0 Å². The van der Waals surface area contributed by atoms with Crippen molar-refractivity contribution in [2.24, 2.45) is 5.41 Å². The summed E-state index contributed by atoms with van der Waals surface area (Å²) in [4.78, 5) is 0. The molecular formula is C16H31NO. The predicted octanol–water partition coefficient (Wildman–Crippen LogP) is 3.89. The van der Waals surface area contributed by atoms with Crippen molar-refractivity contribution in [2.45, 2.75) is 96.9 Å². The second kappa shape index (κ2) is 4.49. The van der Waals surface area contributed by atoms with Crippen LogP contribution in [0.25, 0.3) is 0 Å². The first kappa shape index (κ1) is 14.3. The molecule has 2 fully saturated rings. The van der Waals surface area contributed by atoms with E-state index in [1.807, 2.05) is 0 Å². The van der Waals surface area contributed by atoms with Crippen LogP contribution >= 0.6 is 0 Å². The number of hydrogen-bond acceptors (Lipinski definition) is 2. The monoisotopic (exact) mass is 253 g/mol. The van der Waals surface area contributed by atoms with Crippen molar-refractivity contribution >= 4 is 0 Å². The minimum Gasteiger partial charge on any atom is -0.368 e. The topological polar surface area (TPSA) is 21.3 Å². The van der Waals surface area contributed by atoms with Gasteiger partial charge in [0.15, 0.2) is 0 Å². The Morgan fingerprint density at radius 3 is 1.94 bits per heavy atom. The SMILES string of the molecule is CC1(C)CCC(NC2CC(C)(C)OC2(C)C)CC1. The van der Waals surface area contributed by atoms with Gasteiger partial charge in [0.1, 0.15) is 0 Å². The Morgan fingerprint density at radius 2 is 1.50 bits per heavy atom. The fraction of sp³-hybridized carbons (Fsp3) is 1.00. The molecule has 1 aliphatic heterocycles. The minimum atomic E-state index is -0.0313. The summed E-state index contributed by atoms with van der Waals surface area (Å²) < 4.78 is 6.17. The summed E-state index contributed by atoms with van der Waals surface area (Å²) in [5, 5.41) is 3.88. The molecule has 0 bridgehead atoms. The van der Waals surface area contributed by atoms with Crippen LogP contribution in [0.2, 0.25) is 0 Å². The van der Waals surface area contributed by atoms with E-state index < -0.39 is 0 Å². The third-order valence-electron chi connectivity index (χ3n) is 4.85. The third-order valence-corrected chi connectivity index (χ3v) is 4.85. The zero-order chi connectivity index (χ0) is 13.6. The summed E-state index contributed by atoms with van der Waals surface area (Å²) in [6, 6.07) is 1.19. The van der Waals surface area contributed by atoms with E-state index in [1.165, 1.54) is 25.7 Å². The van der Waals surface area contributed by atoms with Crippen molar-refractivity contribution in [3.05, 3.63) is 0 Å². The van der Waals surface area contributed by atoms with E-state index in [-0.39, 0.29) is 11.2 Å². The molecule has 0 aromatic carbocycles. The summed E-state index contributed by atoms with van der Waals surface area (Å²) in [6.45, 7) is 13.7. The molecule has 2 nitrogen and oxygen atoms in total. The van der Waals surface area contributed by atoms with Gasteiger partial charge in [-0.1, -0.05) is 13.8 Å². The van der Waals surface area contributed by atoms with Gasteiger partial charge < -0.3 is 10.1 Å². The second-order valence-electron chi connectivity index (χ2n) is 8.33. The van der Waals surface area contributed by atoms with Gasteiger partial charge in [0, 0.05) is 12.1 Å². The highest BCUT2D eigenvalue weighted by atomic mass is 16.5. The van der Waals surface area contributed by atoms with E-state index in [0.29, 0.717) is 17.5 Å². The summed E-state index contributed by atoms with van der Waals surface area (Å²) in [6.07, 6.45) is 6.46. The second-order valence-corrected chi connectivity index (χ2v) is 8.33. The van der Waals surface area contributed by atoms with Crippen LogP contribution in [0.1, 0.15) is 73.6 Å². The van der Waals surface area contributed by atoms with E-state index in [0.717, 1.165) is 6.42 Å². The fourth-order valence-corrected chi connectivity index (χ4v) is 3.67. The van der Waals surface area contributed by atoms with Gasteiger partial charge in [0.05, 0.1) is 11.2 Å². The number of ether oxygens (including phenoxy) is 1. The van der Waals surface area contributed by atoms with Gasteiger partial charge in [-0.05, 0) is 65.2 Å². The van der Waals surface area contributed by atoms with E-state index in [4.69, 9.17) is 4.74 Å². The van der Waals surface area contributed by atoms with E-state index in [1.54, 1.807) is 0 Å². The highest BCUT2D eigenvalue weighted by Crippen LogP contribution is 2.40. The lowest BCUT2D eigenvalue weighted by Gasteiger charge is -2.38. The smallest absolute Gasteiger partial charge is 0.0787 e. The van der Waals surface area contributed by atoms with E-state index >= 15 is 0 Å². The molecule has 0 aromatic heterocycles. The first-order valence-corrected chi connectivity index (χ1v) is 7.56. The molecule has 0 amide bonds. The zero-order valence-electron chi connectivity index (χ0n) is 13.1. The molecule has 18 heavy (non-hydrogen) atoms. The largest absolute Gasteiger partial charge is 0.368 e. The summed E-state index contributed by atoms with van der Waals surface area (Å²) in [5.74, 6) is 0. The Labute approximate surface area is 113 Å². The summed E-state index contributed by atoms with van der Waals surface area (Å²) in [7, 11) is 0. The summed E-state index contributed by atoms with van der Waals surface area (Å²) >= 11 is 0. The van der Waals surface area contributed by atoms with Gasteiger partial charge >= 0.3 is 0 Å². The van der Waals surface area contributed by atoms with Crippen molar-refractivity contribution in [2.75, 3.05) is 0 Å². The molecule has 1 saturated heterocycles. The van der Waals surface area contributed by atoms with Crippen molar-refractivity contribution in [1.29, 1.82) is 0 Å². The Bertz CT molecular complexity index is 296. The molecular weight excluding hydrogens is 222 g/mol. The molecule has 0 radical (unpaired) electrons. The molecule has 1 atom stereocenters. The first-order valence-electron chi connectivity index (χ1n) is 7.56. The highest BCUT2D eigenvalue weighted by molar-refractivity contribution is 5.00. The van der Waals surface area contributed by atoms with Crippen molar-refractivity contribution in [3.63, 3.8) is 0 Å². The molecule has 1 N–H and O–H groups in total. The molecule has 2 rings (SSSR count). The summed E-state index contributed by atoms with van der Waals surface area (Å²) in [5.41, 5.74) is 0.546. The number of nitrogens with one attached hydrogen (secondary N) is 1. The standard InChI is InChI=1S/C16H31NO/c1-14(2)9-7-12(8-10-14)17-13-11-15(3,4)18-16(13,5)6/h12-13,17H,7-11H2,1-6H3. The maximum atomic E-state index is 6.17. The van der Waals surface area contributed by atoms with Crippen molar-refractivity contribution < 1.29 is 4.74 Å². The maximum Gasteiger partial charge on any atom is 0.0787 e. The van der Waals surface area contributed by atoms with Crippen LogP contribution in [0.5, 0.6) is 0 Å². The highest BCUT2D eigenvalue weighted by Gasteiger charge is 2.46. The van der Waals surface area contributed by atoms with E-state index in [2.05, 4.69) is 46.9 Å². The fourth-order valence-electron chi connectivity index (χ4n) is 3.67. The Balaban J connectivity index is 1.91. The Morgan fingerprint density at radius 1 is 0.944 bits per heavy atom. The van der Waals surface area contributed by atoms with Gasteiger partial charge in [-0.15, -0.1) is 0 Å². The van der Waals surface area contributed by atoms with Gasteiger partial charge in [0.25, 0.3) is 0 Å². The quantitative estimate of drug-likeness (QED) is 0.806. The van der Waals surface area contributed by atoms with Gasteiger partial charge in [-0.2, -0.15) is 0 Å². The van der Waals surface area contributed by atoms with Crippen LogP contribution in [0.4, 0.5) is 0 Å².